The van der Waals surface area contributed by atoms with Gasteiger partial charge in [0.25, 0.3) is 5.91 Å². The van der Waals surface area contributed by atoms with E-state index in [1.54, 1.807) is 6.20 Å². The Balaban J connectivity index is 2.07. The normalized spacial score (nSPS) is 16.6. The van der Waals surface area contributed by atoms with Crippen LogP contribution in [0.25, 0.3) is 0 Å². The van der Waals surface area contributed by atoms with E-state index in [9.17, 15) is 4.79 Å². The Morgan fingerprint density at radius 1 is 1.50 bits per heavy atom. The van der Waals surface area contributed by atoms with E-state index in [2.05, 4.69) is 20.6 Å². The summed E-state index contributed by atoms with van der Waals surface area (Å²) in [6.07, 6.45) is 5.18. The second-order valence-electron chi connectivity index (χ2n) is 4.33. The molecule has 0 radical (unpaired) electrons. The highest BCUT2D eigenvalue weighted by atomic mass is 16.2. The molecule has 0 spiro atoms. The van der Waals surface area contributed by atoms with Crippen LogP contribution < -0.4 is 10.6 Å². The highest BCUT2D eigenvalue weighted by molar-refractivity contribution is 5.93. The third-order valence-corrected chi connectivity index (χ3v) is 2.64. The second kappa shape index (κ2) is 4.08. The number of aromatic nitrogens is 2. The van der Waals surface area contributed by atoms with Crippen molar-refractivity contribution < 1.29 is 4.79 Å². The van der Waals surface area contributed by atoms with E-state index in [-0.39, 0.29) is 11.4 Å². The number of nitrogens with one attached hydrogen (secondary N) is 2. The first-order chi connectivity index (χ1) is 7.63. The maximum atomic E-state index is 11.8. The Morgan fingerprint density at radius 3 is 2.88 bits per heavy atom. The molecule has 0 unspecified atom stereocenters. The molecule has 0 bridgehead atoms. The fourth-order valence-corrected chi connectivity index (χ4v) is 1.39. The number of hydrogen-bond acceptors (Lipinski definition) is 4. The summed E-state index contributed by atoms with van der Waals surface area (Å²) in [6, 6.07) is 0. The highest BCUT2D eigenvalue weighted by Crippen LogP contribution is 2.34. The number of carbonyl (C=O) groups is 1. The van der Waals surface area contributed by atoms with Crippen molar-refractivity contribution in [1.82, 2.24) is 15.3 Å². The van der Waals surface area contributed by atoms with E-state index in [0.717, 1.165) is 19.4 Å². The summed E-state index contributed by atoms with van der Waals surface area (Å²) in [7, 11) is 0. The Kier molecular flexibility index (Phi) is 2.77. The van der Waals surface area contributed by atoms with Crippen molar-refractivity contribution >= 4 is 11.7 Å². The minimum Gasteiger partial charge on any atom is -0.369 e. The number of anilines is 1. The van der Waals surface area contributed by atoms with Gasteiger partial charge in [0.2, 0.25) is 0 Å². The predicted molar refractivity (Wildman–Crippen MR) is 61.3 cm³/mol. The number of nitrogens with zero attached hydrogens (tertiary/aromatic N) is 2. The van der Waals surface area contributed by atoms with E-state index < -0.39 is 0 Å². The molecule has 1 aromatic heterocycles. The quantitative estimate of drug-likeness (QED) is 0.800. The molecule has 1 saturated carbocycles. The standard InChI is InChI=1S/C11H16N4O/c1-3-13-9-7-12-6-8(14-9)10(16)15-11(2)4-5-11/h6-7H,3-5H2,1-2H3,(H,13,14)(H,15,16). The lowest BCUT2D eigenvalue weighted by Crippen LogP contribution is -2.34. The van der Waals surface area contributed by atoms with Crippen molar-refractivity contribution in [1.29, 1.82) is 0 Å². The summed E-state index contributed by atoms with van der Waals surface area (Å²) in [5, 5.41) is 5.97. The number of rotatable bonds is 4. The van der Waals surface area contributed by atoms with Gasteiger partial charge in [-0.25, -0.2) is 4.98 Å². The van der Waals surface area contributed by atoms with Crippen LogP contribution in [0, 0.1) is 0 Å². The van der Waals surface area contributed by atoms with Crippen molar-refractivity contribution in [3.05, 3.63) is 18.1 Å². The summed E-state index contributed by atoms with van der Waals surface area (Å²) in [4.78, 5) is 20.0. The average molecular weight is 220 g/mol. The summed E-state index contributed by atoms with van der Waals surface area (Å²) in [6.45, 7) is 4.77. The molecule has 1 heterocycles. The molecule has 5 heteroatoms. The molecule has 1 aliphatic carbocycles. The van der Waals surface area contributed by atoms with Gasteiger partial charge < -0.3 is 10.6 Å². The molecule has 1 aromatic rings. The largest absolute Gasteiger partial charge is 0.369 e. The Morgan fingerprint density at radius 2 is 2.25 bits per heavy atom. The fourth-order valence-electron chi connectivity index (χ4n) is 1.39. The van der Waals surface area contributed by atoms with Gasteiger partial charge in [-0.2, -0.15) is 0 Å². The van der Waals surface area contributed by atoms with Crippen LogP contribution in [0.1, 0.15) is 37.2 Å². The van der Waals surface area contributed by atoms with Crippen LogP contribution in [-0.4, -0.2) is 28.0 Å². The van der Waals surface area contributed by atoms with Gasteiger partial charge in [0.15, 0.2) is 0 Å². The van der Waals surface area contributed by atoms with E-state index >= 15 is 0 Å². The molecule has 1 fully saturated rings. The van der Waals surface area contributed by atoms with Gasteiger partial charge in [-0.15, -0.1) is 0 Å². The van der Waals surface area contributed by atoms with E-state index in [1.807, 2.05) is 13.8 Å². The molecule has 0 atom stereocenters. The minimum absolute atomic E-state index is 0.0209. The van der Waals surface area contributed by atoms with Crippen LogP contribution >= 0.6 is 0 Å². The van der Waals surface area contributed by atoms with Gasteiger partial charge in [0.1, 0.15) is 11.5 Å². The van der Waals surface area contributed by atoms with Gasteiger partial charge in [0.05, 0.1) is 12.4 Å². The van der Waals surface area contributed by atoms with E-state index in [4.69, 9.17) is 0 Å². The maximum absolute atomic E-state index is 11.8. The molecular formula is C11H16N4O. The molecule has 0 aliphatic heterocycles. The minimum atomic E-state index is -0.146. The number of carbonyl (C=O) groups excluding carboxylic acids is 1. The molecule has 2 rings (SSSR count). The first kappa shape index (κ1) is 10.9. The fraction of sp³-hybridized carbons (Fsp3) is 0.545. The van der Waals surface area contributed by atoms with Crippen LogP contribution in [0.2, 0.25) is 0 Å². The van der Waals surface area contributed by atoms with Crippen LogP contribution in [-0.2, 0) is 0 Å². The number of hydrogen-bond donors (Lipinski definition) is 2. The average Bonchev–Trinajstić information content (AvgIpc) is 2.97. The van der Waals surface area contributed by atoms with Crippen molar-refractivity contribution in [3.8, 4) is 0 Å². The van der Waals surface area contributed by atoms with Gasteiger partial charge >= 0.3 is 0 Å². The monoisotopic (exact) mass is 220 g/mol. The third-order valence-electron chi connectivity index (χ3n) is 2.64. The van der Waals surface area contributed by atoms with E-state index in [0.29, 0.717) is 11.5 Å². The first-order valence-corrected chi connectivity index (χ1v) is 5.51. The van der Waals surface area contributed by atoms with Crippen LogP contribution in [0.15, 0.2) is 12.4 Å². The second-order valence-corrected chi connectivity index (χ2v) is 4.33. The van der Waals surface area contributed by atoms with Gasteiger partial charge in [-0.05, 0) is 26.7 Å². The zero-order valence-electron chi connectivity index (χ0n) is 9.58. The molecule has 1 amide bonds. The summed E-state index contributed by atoms with van der Waals surface area (Å²) >= 11 is 0. The molecule has 0 saturated heterocycles. The Hall–Kier alpha value is -1.65. The van der Waals surface area contributed by atoms with Crippen molar-refractivity contribution in [2.75, 3.05) is 11.9 Å². The van der Waals surface area contributed by atoms with Gasteiger partial charge in [0, 0.05) is 12.1 Å². The van der Waals surface area contributed by atoms with Crippen molar-refractivity contribution in [2.24, 2.45) is 0 Å². The molecule has 86 valence electrons. The van der Waals surface area contributed by atoms with E-state index in [1.165, 1.54) is 6.20 Å². The highest BCUT2D eigenvalue weighted by Gasteiger charge is 2.39. The zero-order chi connectivity index (χ0) is 11.6. The van der Waals surface area contributed by atoms with Crippen LogP contribution in [0.5, 0.6) is 0 Å². The Bertz CT molecular complexity index is 401. The SMILES string of the molecule is CCNc1cncc(C(=O)NC2(C)CC2)n1. The van der Waals surface area contributed by atoms with Crippen LogP contribution in [0.4, 0.5) is 5.82 Å². The lowest BCUT2D eigenvalue weighted by molar-refractivity contribution is 0.0930. The molecule has 2 N–H and O–H groups in total. The Labute approximate surface area is 94.7 Å². The molecule has 16 heavy (non-hydrogen) atoms. The third kappa shape index (κ3) is 2.48. The summed E-state index contributed by atoms with van der Waals surface area (Å²) < 4.78 is 0. The van der Waals surface area contributed by atoms with Crippen LogP contribution in [0.3, 0.4) is 0 Å². The smallest absolute Gasteiger partial charge is 0.271 e. The lowest BCUT2D eigenvalue weighted by Gasteiger charge is -2.11. The van der Waals surface area contributed by atoms with Crippen molar-refractivity contribution in [3.63, 3.8) is 0 Å². The molecule has 5 nitrogen and oxygen atoms in total. The summed E-state index contributed by atoms with van der Waals surface area (Å²) in [5.74, 6) is 0.489. The first-order valence-electron chi connectivity index (χ1n) is 5.51. The topological polar surface area (TPSA) is 66.9 Å². The van der Waals surface area contributed by atoms with Crippen molar-refractivity contribution in [2.45, 2.75) is 32.2 Å². The predicted octanol–water partition coefficient (Wildman–Crippen LogP) is 1.19. The van der Waals surface area contributed by atoms with Gasteiger partial charge in [-0.1, -0.05) is 0 Å². The lowest BCUT2D eigenvalue weighted by atomic mass is 10.3. The molecule has 1 aliphatic rings. The van der Waals surface area contributed by atoms with Gasteiger partial charge in [-0.3, -0.25) is 9.78 Å². The molecular weight excluding hydrogens is 204 g/mol. The zero-order valence-corrected chi connectivity index (χ0v) is 9.58. The summed E-state index contributed by atoms with van der Waals surface area (Å²) in [5.41, 5.74) is 0.346. The maximum Gasteiger partial charge on any atom is 0.271 e. The number of amides is 1. The molecule has 0 aromatic carbocycles.